The third-order valence-electron chi connectivity index (χ3n) is 3.80. The summed E-state index contributed by atoms with van der Waals surface area (Å²) >= 11 is 0. The predicted octanol–water partition coefficient (Wildman–Crippen LogP) is 1.70. The Kier molecular flexibility index (Phi) is 2.36. The van der Waals surface area contributed by atoms with Crippen molar-refractivity contribution in [2.45, 2.75) is 19.3 Å². The second kappa shape index (κ2) is 3.80. The minimum absolute atomic E-state index is 0.0144. The number of hydrogen-bond donors (Lipinski definition) is 1. The Morgan fingerprint density at radius 3 is 2.39 bits per heavy atom. The van der Waals surface area contributed by atoms with E-state index in [2.05, 4.69) is 0 Å². The Balaban J connectivity index is 2.05. The average Bonchev–Trinajstić information content (AvgIpc) is 2.89. The molecule has 4 nitrogen and oxygen atoms in total. The molecule has 1 aromatic rings. The minimum Gasteiger partial charge on any atom is -0.399 e. The lowest BCUT2D eigenvalue weighted by Crippen LogP contribution is -2.32. The first-order valence-corrected chi connectivity index (χ1v) is 6.02. The summed E-state index contributed by atoms with van der Waals surface area (Å²) in [5.41, 5.74) is 5.91. The van der Waals surface area contributed by atoms with Gasteiger partial charge in [0.25, 0.3) is 0 Å². The highest BCUT2D eigenvalue weighted by Crippen LogP contribution is 2.42. The molecule has 94 valence electrons. The first kappa shape index (κ1) is 11.2. The van der Waals surface area contributed by atoms with Crippen LogP contribution in [0.25, 0.3) is 0 Å². The molecule has 2 atom stereocenters. The van der Waals surface area contributed by atoms with E-state index in [9.17, 15) is 14.0 Å². The van der Waals surface area contributed by atoms with E-state index in [-0.39, 0.29) is 29.3 Å². The third-order valence-corrected chi connectivity index (χ3v) is 3.80. The van der Waals surface area contributed by atoms with Gasteiger partial charge in [-0.1, -0.05) is 6.42 Å². The van der Waals surface area contributed by atoms with E-state index in [0.717, 1.165) is 24.2 Å². The van der Waals surface area contributed by atoms with Gasteiger partial charge in [0.15, 0.2) is 0 Å². The summed E-state index contributed by atoms with van der Waals surface area (Å²) in [6.45, 7) is 0. The Bertz CT molecular complexity index is 522. The highest BCUT2D eigenvalue weighted by atomic mass is 19.1. The average molecular weight is 248 g/mol. The molecule has 3 rings (SSSR count). The number of benzene rings is 1. The van der Waals surface area contributed by atoms with Gasteiger partial charge < -0.3 is 5.73 Å². The topological polar surface area (TPSA) is 63.4 Å². The molecule has 0 bridgehead atoms. The number of imide groups is 1. The third kappa shape index (κ3) is 1.43. The Morgan fingerprint density at radius 2 is 1.78 bits per heavy atom. The molecule has 2 fully saturated rings. The van der Waals surface area contributed by atoms with Crippen LogP contribution in [0.5, 0.6) is 0 Å². The van der Waals surface area contributed by atoms with Crippen molar-refractivity contribution >= 4 is 23.2 Å². The zero-order valence-electron chi connectivity index (χ0n) is 9.73. The number of nitrogen functional groups attached to an aromatic ring is 1. The van der Waals surface area contributed by atoms with E-state index < -0.39 is 5.82 Å². The standard InChI is InChI=1S/C13H13FN2O2/c14-10-5-4-7(15)6-11(10)16-12(17)8-2-1-3-9(8)13(16)18/h4-6,8-9H,1-3,15H2. The summed E-state index contributed by atoms with van der Waals surface area (Å²) < 4.78 is 13.7. The van der Waals surface area contributed by atoms with Crippen molar-refractivity contribution in [1.82, 2.24) is 0 Å². The molecule has 0 radical (unpaired) electrons. The smallest absolute Gasteiger partial charge is 0.237 e. The van der Waals surface area contributed by atoms with Gasteiger partial charge in [0.1, 0.15) is 5.82 Å². The van der Waals surface area contributed by atoms with E-state index in [4.69, 9.17) is 5.73 Å². The fourth-order valence-electron chi connectivity index (χ4n) is 2.93. The first-order valence-electron chi connectivity index (χ1n) is 6.02. The summed E-state index contributed by atoms with van der Waals surface area (Å²) in [5, 5.41) is 0. The van der Waals surface area contributed by atoms with E-state index in [1.807, 2.05) is 0 Å². The molecule has 1 aliphatic carbocycles. The molecule has 1 heterocycles. The van der Waals surface area contributed by atoms with Crippen LogP contribution in [0, 0.1) is 17.7 Å². The number of hydrogen-bond acceptors (Lipinski definition) is 3. The van der Waals surface area contributed by atoms with Gasteiger partial charge in [0, 0.05) is 5.69 Å². The van der Waals surface area contributed by atoms with Crippen LogP contribution in [-0.2, 0) is 9.59 Å². The second-order valence-corrected chi connectivity index (χ2v) is 4.87. The van der Waals surface area contributed by atoms with Gasteiger partial charge in [-0.15, -0.1) is 0 Å². The molecule has 2 aliphatic rings. The van der Waals surface area contributed by atoms with E-state index in [1.165, 1.54) is 18.2 Å². The van der Waals surface area contributed by atoms with Gasteiger partial charge >= 0.3 is 0 Å². The van der Waals surface area contributed by atoms with Crippen LogP contribution in [0.2, 0.25) is 0 Å². The van der Waals surface area contributed by atoms with Crippen LogP contribution in [0.15, 0.2) is 18.2 Å². The highest BCUT2D eigenvalue weighted by Gasteiger charge is 2.50. The number of rotatable bonds is 1. The summed E-state index contributed by atoms with van der Waals surface area (Å²) in [5.74, 6) is -1.69. The summed E-state index contributed by atoms with van der Waals surface area (Å²) in [4.78, 5) is 25.3. The quantitative estimate of drug-likeness (QED) is 0.607. The number of nitrogens with two attached hydrogens (primary N) is 1. The normalized spacial score (nSPS) is 26.8. The molecule has 5 heteroatoms. The van der Waals surface area contributed by atoms with Crippen LogP contribution in [-0.4, -0.2) is 11.8 Å². The fourth-order valence-corrected chi connectivity index (χ4v) is 2.93. The van der Waals surface area contributed by atoms with E-state index in [1.54, 1.807) is 0 Å². The Hall–Kier alpha value is -1.91. The lowest BCUT2D eigenvalue weighted by molar-refractivity contribution is -0.122. The molecule has 1 aliphatic heterocycles. The predicted molar refractivity (Wildman–Crippen MR) is 64.1 cm³/mol. The number of amides is 2. The SMILES string of the molecule is Nc1ccc(F)c(N2C(=O)C3CCCC3C2=O)c1. The van der Waals surface area contributed by atoms with Crippen molar-refractivity contribution in [3.05, 3.63) is 24.0 Å². The van der Waals surface area contributed by atoms with Crippen molar-refractivity contribution < 1.29 is 14.0 Å². The Morgan fingerprint density at radius 1 is 1.17 bits per heavy atom. The van der Waals surface area contributed by atoms with Crippen molar-refractivity contribution in [3.8, 4) is 0 Å². The number of nitrogens with zero attached hydrogens (tertiary/aromatic N) is 1. The lowest BCUT2D eigenvalue weighted by atomic mass is 10.00. The summed E-state index contributed by atoms with van der Waals surface area (Å²) in [7, 11) is 0. The molecule has 18 heavy (non-hydrogen) atoms. The molecular weight excluding hydrogens is 235 g/mol. The first-order chi connectivity index (χ1) is 8.59. The van der Waals surface area contributed by atoms with Crippen LogP contribution in [0.3, 0.4) is 0 Å². The van der Waals surface area contributed by atoms with Crippen LogP contribution >= 0.6 is 0 Å². The van der Waals surface area contributed by atoms with Gasteiger partial charge in [-0.05, 0) is 31.0 Å². The van der Waals surface area contributed by atoms with Gasteiger partial charge in [0.2, 0.25) is 11.8 Å². The number of anilines is 2. The molecule has 1 aromatic carbocycles. The van der Waals surface area contributed by atoms with Gasteiger partial charge in [-0.2, -0.15) is 0 Å². The van der Waals surface area contributed by atoms with Crippen molar-refractivity contribution in [2.24, 2.45) is 11.8 Å². The fraction of sp³-hybridized carbons (Fsp3) is 0.385. The molecule has 0 aromatic heterocycles. The van der Waals surface area contributed by atoms with Crippen LogP contribution in [0.4, 0.5) is 15.8 Å². The maximum atomic E-state index is 13.7. The monoisotopic (exact) mass is 248 g/mol. The maximum Gasteiger partial charge on any atom is 0.237 e. The second-order valence-electron chi connectivity index (χ2n) is 4.87. The summed E-state index contributed by atoms with van der Waals surface area (Å²) in [6.07, 6.45) is 2.32. The zero-order valence-corrected chi connectivity index (χ0v) is 9.73. The maximum absolute atomic E-state index is 13.7. The Labute approximate surface area is 104 Å². The largest absolute Gasteiger partial charge is 0.399 e. The highest BCUT2D eigenvalue weighted by molar-refractivity contribution is 6.22. The van der Waals surface area contributed by atoms with Gasteiger partial charge in [-0.25, -0.2) is 9.29 Å². The molecular formula is C13H13FN2O2. The van der Waals surface area contributed by atoms with Crippen molar-refractivity contribution in [2.75, 3.05) is 10.6 Å². The summed E-state index contributed by atoms with van der Waals surface area (Å²) in [6, 6.07) is 3.93. The molecule has 2 unspecified atom stereocenters. The molecule has 0 spiro atoms. The van der Waals surface area contributed by atoms with Crippen LogP contribution in [0.1, 0.15) is 19.3 Å². The number of carbonyl (C=O) groups excluding carboxylic acids is 2. The number of fused-ring (bicyclic) bond motifs is 1. The van der Waals surface area contributed by atoms with Crippen molar-refractivity contribution in [1.29, 1.82) is 0 Å². The molecule has 2 N–H and O–H groups in total. The minimum atomic E-state index is -0.592. The number of halogens is 1. The number of carbonyl (C=O) groups is 2. The van der Waals surface area contributed by atoms with Gasteiger partial charge in [0.05, 0.1) is 17.5 Å². The van der Waals surface area contributed by atoms with E-state index in [0.29, 0.717) is 5.69 Å². The van der Waals surface area contributed by atoms with Gasteiger partial charge in [-0.3, -0.25) is 9.59 Å². The molecule has 1 saturated heterocycles. The lowest BCUT2D eigenvalue weighted by Gasteiger charge is -2.17. The van der Waals surface area contributed by atoms with E-state index >= 15 is 0 Å². The zero-order chi connectivity index (χ0) is 12.9. The van der Waals surface area contributed by atoms with Crippen LogP contribution < -0.4 is 10.6 Å². The van der Waals surface area contributed by atoms with Crippen molar-refractivity contribution in [3.63, 3.8) is 0 Å². The molecule has 1 saturated carbocycles. The molecule has 2 amide bonds.